The minimum atomic E-state index is -0.610. The molecule has 0 fully saturated rings. The van der Waals surface area contributed by atoms with Gasteiger partial charge in [0.2, 0.25) is 0 Å². The lowest BCUT2D eigenvalue weighted by Crippen LogP contribution is -2.34. The number of ether oxygens (including phenoxy) is 3. The Morgan fingerprint density at radius 3 is 1.97 bits per heavy atom. The second-order valence-corrected chi connectivity index (χ2v) is 5.11. The first-order valence-electron chi connectivity index (χ1n) is 8.01. The standard InChI is InChI=1S/C16H27NO6.CH2O.6CH4/c1-5-8-21-9-7-17-16(20)23-15(11-14(19)6-2)10-12(3)22-13(4)18;1-2;;;;;;/h12,14-15,19H,6-7,9-11H2,1-4H3,(H,17,20);1H2;6*1H4. The topological polar surface area (TPSA) is 111 Å². The Morgan fingerprint density at radius 1 is 1.03 bits per heavy atom. The van der Waals surface area contributed by atoms with Crippen LogP contribution < -0.4 is 5.32 Å². The normalized spacial score (nSPS) is 10.4. The molecular formula is C23H53NO7. The Kier molecular flexibility index (Phi) is 58.3. The van der Waals surface area contributed by atoms with Crippen molar-refractivity contribution in [3.05, 3.63) is 0 Å². The van der Waals surface area contributed by atoms with Gasteiger partial charge < -0.3 is 29.4 Å². The van der Waals surface area contributed by atoms with Crippen molar-refractivity contribution >= 4 is 18.9 Å². The molecule has 0 saturated carbocycles. The molecule has 0 aromatic heterocycles. The van der Waals surface area contributed by atoms with Crippen molar-refractivity contribution in [1.29, 1.82) is 0 Å². The van der Waals surface area contributed by atoms with Crippen molar-refractivity contribution in [1.82, 2.24) is 5.32 Å². The number of amides is 1. The number of hydrogen-bond donors (Lipinski definition) is 2. The van der Waals surface area contributed by atoms with Gasteiger partial charge in [-0.3, -0.25) is 4.79 Å². The number of alkyl carbamates (subject to hydrolysis) is 1. The highest BCUT2D eigenvalue weighted by Gasteiger charge is 2.22. The number of carbonyl (C=O) groups excluding carboxylic acids is 3. The SMILES string of the molecule is C.C.C.C.C.C.C=O.CC#COCCNC(=O)OC(CC(O)CC)CC(C)OC(C)=O. The van der Waals surface area contributed by atoms with E-state index in [1.807, 2.05) is 13.7 Å². The number of rotatable bonds is 10. The summed E-state index contributed by atoms with van der Waals surface area (Å²) in [5.74, 6) is 2.17. The summed E-state index contributed by atoms with van der Waals surface area (Å²) in [5, 5.41) is 12.3. The average Bonchev–Trinajstić information content (AvgIpc) is 2.55. The fraction of sp³-hybridized carbons (Fsp3) is 0.783. The fourth-order valence-corrected chi connectivity index (χ4v) is 1.88. The van der Waals surface area contributed by atoms with Crippen LogP contribution in [-0.4, -0.2) is 55.4 Å². The lowest BCUT2D eigenvalue weighted by atomic mass is 10.0. The third-order valence-corrected chi connectivity index (χ3v) is 2.89. The maximum atomic E-state index is 11.7. The summed E-state index contributed by atoms with van der Waals surface area (Å²) in [5.41, 5.74) is 0. The van der Waals surface area contributed by atoms with Gasteiger partial charge in [0.15, 0.2) is 0 Å². The van der Waals surface area contributed by atoms with Crippen molar-refractivity contribution < 1.29 is 33.7 Å². The van der Waals surface area contributed by atoms with Gasteiger partial charge in [0.05, 0.1) is 12.6 Å². The Labute approximate surface area is 193 Å². The van der Waals surface area contributed by atoms with E-state index in [4.69, 9.17) is 19.0 Å². The van der Waals surface area contributed by atoms with E-state index in [-0.39, 0.29) is 64.1 Å². The highest BCUT2D eigenvalue weighted by Crippen LogP contribution is 2.14. The third-order valence-electron chi connectivity index (χ3n) is 2.89. The molecule has 8 nitrogen and oxygen atoms in total. The van der Waals surface area contributed by atoms with Gasteiger partial charge in [0.1, 0.15) is 31.7 Å². The van der Waals surface area contributed by atoms with Crippen molar-refractivity contribution in [2.45, 2.75) is 110 Å². The van der Waals surface area contributed by atoms with Gasteiger partial charge in [0, 0.05) is 26.7 Å². The Balaban J connectivity index is -0.000000107. The first kappa shape index (κ1) is 51.4. The summed E-state index contributed by atoms with van der Waals surface area (Å²) in [6.45, 7) is 9.03. The van der Waals surface area contributed by atoms with Crippen LogP contribution >= 0.6 is 0 Å². The van der Waals surface area contributed by atoms with Gasteiger partial charge in [-0.05, 0) is 13.3 Å². The average molecular weight is 456 g/mol. The van der Waals surface area contributed by atoms with Crippen molar-refractivity contribution in [2.24, 2.45) is 0 Å². The summed E-state index contributed by atoms with van der Waals surface area (Å²) in [4.78, 5) is 30.7. The molecule has 0 bridgehead atoms. The van der Waals surface area contributed by atoms with Gasteiger partial charge in [-0.1, -0.05) is 57.4 Å². The molecule has 0 aromatic rings. The number of carbonyl (C=O) groups is 3. The molecule has 192 valence electrons. The molecule has 2 N–H and O–H groups in total. The van der Waals surface area contributed by atoms with E-state index >= 15 is 0 Å². The van der Waals surface area contributed by atoms with E-state index in [9.17, 15) is 14.7 Å². The quantitative estimate of drug-likeness (QED) is 0.264. The van der Waals surface area contributed by atoms with E-state index in [2.05, 4.69) is 17.3 Å². The van der Waals surface area contributed by atoms with Crippen LogP contribution in [0.25, 0.3) is 0 Å². The molecule has 0 radical (unpaired) electrons. The summed E-state index contributed by atoms with van der Waals surface area (Å²) < 4.78 is 15.2. The summed E-state index contributed by atoms with van der Waals surface area (Å²) in [7, 11) is 0. The molecule has 0 rings (SSSR count). The molecule has 0 aliphatic carbocycles. The molecule has 31 heavy (non-hydrogen) atoms. The molecule has 0 aliphatic heterocycles. The smallest absolute Gasteiger partial charge is 0.407 e. The Bertz CT molecular complexity index is 433. The van der Waals surface area contributed by atoms with Gasteiger partial charge in [-0.25, -0.2) is 4.79 Å². The van der Waals surface area contributed by atoms with Crippen LogP contribution in [0.4, 0.5) is 4.79 Å². The van der Waals surface area contributed by atoms with Crippen LogP contribution in [0.5, 0.6) is 0 Å². The maximum absolute atomic E-state index is 11.7. The van der Waals surface area contributed by atoms with Crippen molar-refractivity contribution in [3.8, 4) is 12.0 Å². The van der Waals surface area contributed by atoms with Crippen molar-refractivity contribution in [3.63, 3.8) is 0 Å². The van der Waals surface area contributed by atoms with E-state index in [0.29, 0.717) is 12.8 Å². The second-order valence-electron chi connectivity index (χ2n) is 5.11. The molecule has 0 heterocycles. The van der Waals surface area contributed by atoms with Crippen molar-refractivity contribution in [2.75, 3.05) is 13.2 Å². The number of esters is 1. The highest BCUT2D eigenvalue weighted by molar-refractivity contribution is 5.67. The minimum absolute atomic E-state index is 0. The lowest BCUT2D eigenvalue weighted by Gasteiger charge is -2.23. The zero-order chi connectivity index (χ0) is 19.7. The van der Waals surface area contributed by atoms with Gasteiger partial charge in [-0.2, -0.15) is 0 Å². The molecule has 3 atom stereocenters. The van der Waals surface area contributed by atoms with E-state index in [1.165, 1.54) is 6.92 Å². The van der Waals surface area contributed by atoms with E-state index in [0.717, 1.165) is 0 Å². The number of hydrogen-bond acceptors (Lipinski definition) is 7. The fourth-order valence-electron chi connectivity index (χ4n) is 1.88. The molecule has 0 saturated heterocycles. The molecular weight excluding hydrogens is 402 g/mol. The van der Waals surface area contributed by atoms with Gasteiger partial charge in [-0.15, -0.1) is 0 Å². The minimum Gasteiger partial charge on any atom is -0.463 e. The molecule has 3 unspecified atom stereocenters. The molecule has 0 aliphatic rings. The van der Waals surface area contributed by atoms with Crippen LogP contribution in [0.2, 0.25) is 0 Å². The number of nitrogens with one attached hydrogen (secondary N) is 1. The molecule has 0 aromatic carbocycles. The molecule has 0 spiro atoms. The zero-order valence-corrected chi connectivity index (χ0v) is 15.4. The monoisotopic (exact) mass is 455 g/mol. The summed E-state index contributed by atoms with van der Waals surface area (Å²) >= 11 is 0. The summed E-state index contributed by atoms with van der Waals surface area (Å²) in [6.07, 6.45) is 1.43. The van der Waals surface area contributed by atoms with Crippen LogP contribution in [0.1, 0.15) is 91.5 Å². The Hall–Kier alpha value is -2.27. The molecule has 8 heteroatoms. The first-order chi connectivity index (χ1) is 11.9. The molecule has 1 amide bonds. The Morgan fingerprint density at radius 2 is 1.55 bits per heavy atom. The lowest BCUT2D eigenvalue weighted by molar-refractivity contribution is -0.146. The number of aliphatic hydroxyl groups excluding tert-OH is 1. The number of aliphatic hydroxyl groups is 1. The summed E-state index contributed by atoms with van der Waals surface area (Å²) in [6, 6.07) is 0. The first-order valence-corrected chi connectivity index (χ1v) is 8.01. The van der Waals surface area contributed by atoms with Gasteiger partial charge in [0.25, 0.3) is 0 Å². The largest absolute Gasteiger partial charge is 0.463 e. The van der Waals surface area contributed by atoms with Gasteiger partial charge >= 0.3 is 12.1 Å². The predicted molar refractivity (Wildman–Crippen MR) is 132 cm³/mol. The highest BCUT2D eigenvalue weighted by atomic mass is 16.6. The van der Waals surface area contributed by atoms with Crippen LogP contribution in [0.15, 0.2) is 0 Å². The predicted octanol–water partition coefficient (Wildman–Crippen LogP) is 5.21. The van der Waals surface area contributed by atoms with E-state index in [1.54, 1.807) is 13.8 Å². The van der Waals surface area contributed by atoms with Crippen LogP contribution in [0, 0.1) is 12.0 Å². The van der Waals surface area contributed by atoms with Crippen LogP contribution in [0.3, 0.4) is 0 Å². The maximum Gasteiger partial charge on any atom is 0.407 e. The van der Waals surface area contributed by atoms with E-state index < -0.39 is 30.4 Å². The third kappa shape index (κ3) is 35.5. The van der Waals surface area contributed by atoms with Crippen LogP contribution in [-0.2, 0) is 23.8 Å². The zero-order valence-electron chi connectivity index (χ0n) is 15.4. The second kappa shape index (κ2) is 35.2.